The fraction of sp³-hybridized carbons (Fsp3) is 0.343. The monoisotopic (exact) mass is 678 g/mol. The quantitative estimate of drug-likeness (QED) is 0.123. The summed E-state index contributed by atoms with van der Waals surface area (Å²) in [5.74, 6) is -6.08. The Labute approximate surface area is 281 Å². The molecule has 0 radical (unpaired) electrons. The molecule has 2 amide bonds. The van der Waals surface area contributed by atoms with Crippen molar-refractivity contribution in [3.63, 3.8) is 0 Å². The van der Waals surface area contributed by atoms with Crippen LogP contribution in [0.15, 0.2) is 54.6 Å². The highest BCUT2D eigenvalue weighted by Gasteiger charge is 2.41. The van der Waals surface area contributed by atoms with Gasteiger partial charge in [0, 0.05) is 12.1 Å². The average Bonchev–Trinajstić information content (AvgIpc) is 3.40. The zero-order valence-electron chi connectivity index (χ0n) is 27.6. The molecule has 0 spiro atoms. The molecule has 14 heteroatoms. The van der Waals surface area contributed by atoms with Gasteiger partial charge in [0.15, 0.2) is 0 Å². The van der Waals surface area contributed by atoms with Crippen LogP contribution < -0.4 is 5.32 Å². The number of carbonyl (C=O) groups is 5. The van der Waals surface area contributed by atoms with Crippen molar-refractivity contribution in [2.24, 2.45) is 5.92 Å². The van der Waals surface area contributed by atoms with Gasteiger partial charge in [-0.2, -0.15) is 0 Å². The molecule has 1 aliphatic rings. The van der Waals surface area contributed by atoms with Gasteiger partial charge in [0.25, 0.3) is 5.91 Å². The summed E-state index contributed by atoms with van der Waals surface area (Å²) < 4.78 is 16.3. The van der Waals surface area contributed by atoms with Crippen LogP contribution in [0.5, 0.6) is 23.0 Å². The Morgan fingerprint density at radius 3 is 2.06 bits per heavy atom. The Balaban J connectivity index is 1.58. The summed E-state index contributed by atoms with van der Waals surface area (Å²) in [6.07, 6.45) is -1.84. The summed E-state index contributed by atoms with van der Waals surface area (Å²) in [6.45, 7) is 8.40. The first kappa shape index (κ1) is 36.1. The lowest BCUT2D eigenvalue weighted by molar-refractivity contribution is 0.0177. The molecular weight excluding hydrogens is 640 g/mol. The van der Waals surface area contributed by atoms with Crippen molar-refractivity contribution in [3.05, 3.63) is 82.4 Å². The van der Waals surface area contributed by atoms with Crippen molar-refractivity contribution in [3.8, 4) is 23.0 Å². The minimum absolute atomic E-state index is 0.0174. The second kappa shape index (κ2) is 14.5. The third-order valence-corrected chi connectivity index (χ3v) is 7.22. The summed E-state index contributed by atoms with van der Waals surface area (Å²) in [5, 5.41) is 44.4. The molecule has 1 heterocycles. The average molecular weight is 679 g/mol. The van der Waals surface area contributed by atoms with E-state index < -0.39 is 75.8 Å². The maximum Gasteiger partial charge on any atom is 0.410 e. The molecule has 0 aromatic heterocycles. The summed E-state index contributed by atoms with van der Waals surface area (Å²) in [4.78, 5) is 66.6. The molecule has 0 bridgehead atoms. The van der Waals surface area contributed by atoms with Crippen LogP contribution in [0.4, 0.5) is 4.79 Å². The molecule has 49 heavy (non-hydrogen) atoms. The zero-order valence-corrected chi connectivity index (χ0v) is 27.6. The van der Waals surface area contributed by atoms with Gasteiger partial charge in [-0.25, -0.2) is 14.4 Å². The Kier molecular flexibility index (Phi) is 10.7. The molecule has 1 fully saturated rings. The molecule has 4 rings (SSSR count). The van der Waals surface area contributed by atoms with E-state index in [9.17, 15) is 44.4 Å². The van der Waals surface area contributed by atoms with E-state index in [0.717, 1.165) is 18.2 Å². The number of phenols is 4. The summed E-state index contributed by atoms with van der Waals surface area (Å²) >= 11 is 0. The lowest BCUT2D eigenvalue weighted by Crippen LogP contribution is -2.44. The van der Waals surface area contributed by atoms with E-state index in [1.54, 1.807) is 20.8 Å². The van der Waals surface area contributed by atoms with Crippen molar-refractivity contribution < 1.29 is 58.6 Å². The number of likely N-dealkylation sites (tertiary alicyclic amines) is 1. The maximum absolute atomic E-state index is 13.5. The van der Waals surface area contributed by atoms with Crippen LogP contribution in [0.25, 0.3) is 0 Å². The highest BCUT2D eigenvalue weighted by molar-refractivity contribution is 6.18. The van der Waals surface area contributed by atoms with Gasteiger partial charge < -0.3 is 44.9 Å². The molecule has 5 N–H and O–H groups in total. The van der Waals surface area contributed by atoms with Crippen LogP contribution in [0.2, 0.25) is 0 Å². The predicted molar refractivity (Wildman–Crippen MR) is 173 cm³/mol. The van der Waals surface area contributed by atoms with Crippen LogP contribution >= 0.6 is 0 Å². The fourth-order valence-corrected chi connectivity index (χ4v) is 4.93. The van der Waals surface area contributed by atoms with E-state index in [1.807, 2.05) is 13.8 Å². The summed E-state index contributed by atoms with van der Waals surface area (Å²) in [6, 6.07) is 9.91. The van der Waals surface area contributed by atoms with Crippen LogP contribution in [0, 0.1) is 5.92 Å². The van der Waals surface area contributed by atoms with Crippen LogP contribution in [0.3, 0.4) is 0 Å². The minimum atomic E-state index is -1.12. The number of hydrogen-bond donors (Lipinski definition) is 5. The number of amides is 2. The van der Waals surface area contributed by atoms with Crippen LogP contribution in [0.1, 0.15) is 81.6 Å². The molecule has 3 aromatic rings. The smallest absolute Gasteiger partial charge is 0.410 e. The lowest BCUT2D eigenvalue weighted by Gasteiger charge is -2.24. The number of nitrogens with one attached hydrogen (secondary N) is 1. The van der Waals surface area contributed by atoms with Crippen molar-refractivity contribution in [2.75, 3.05) is 19.7 Å². The van der Waals surface area contributed by atoms with Gasteiger partial charge in [-0.05, 0) is 75.2 Å². The molecule has 1 aliphatic heterocycles. The van der Waals surface area contributed by atoms with Gasteiger partial charge in [-0.1, -0.05) is 19.9 Å². The molecule has 0 aliphatic carbocycles. The number of benzene rings is 3. The molecule has 260 valence electrons. The van der Waals surface area contributed by atoms with E-state index in [-0.39, 0.29) is 48.1 Å². The van der Waals surface area contributed by atoms with Gasteiger partial charge in [-0.3, -0.25) is 9.59 Å². The highest BCUT2D eigenvalue weighted by Crippen LogP contribution is 2.35. The number of carbonyl (C=O) groups excluding carboxylic acids is 5. The third kappa shape index (κ3) is 8.77. The van der Waals surface area contributed by atoms with E-state index in [1.165, 1.54) is 41.3 Å². The number of ether oxygens (including phenoxy) is 3. The van der Waals surface area contributed by atoms with Gasteiger partial charge >= 0.3 is 18.0 Å². The molecule has 14 nitrogen and oxygen atoms in total. The standard InChI is InChI=1S/C35H38N2O12/c1-18(2)17-47-33(45)22-7-6-8-24(39)28(22)30(42)29-25(40)13-20(14-26(29)41)32(44)48-27-16-37(34(46)49-35(3,4)5)15-23(27)36-31(43)19-9-11-21(38)12-10-19/h6-14,18,23,27,38-41H,15-17H2,1-5H3,(H,36,43). The van der Waals surface area contributed by atoms with Gasteiger partial charge in [-0.15, -0.1) is 0 Å². The van der Waals surface area contributed by atoms with Crippen molar-refractivity contribution in [2.45, 2.75) is 52.4 Å². The zero-order chi connectivity index (χ0) is 36.2. The Morgan fingerprint density at radius 2 is 1.47 bits per heavy atom. The number of esters is 2. The molecule has 0 saturated carbocycles. The van der Waals surface area contributed by atoms with E-state index in [0.29, 0.717) is 0 Å². The maximum atomic E-state index is 13.5. The highest BCUT2D eigenvalue weighted by atomic mass is 16.6. The molecular formula is C35H38N2O12. The fourth-order valence-electron chi connectivity index (χ4n) is 4.93. The first-order valence-electron chi connectivity index (χ1n) is 15.3. The van der Waals surface area contributed by atoms with Crippen LogP contribution in [-0.4, -0.2) is 92.5 Å². The van der Waals surface area contributed by atoms with E-state index >= 15 is 0 Å². The van der Waals surface area contributed by atoms with Gasteiger partial charge in [0.2, 0.25) is 5.78 Å². The Bertz CT molecular complexity index is 1740. The molecule has 3 aromatic carbocycles. The second-order valence-corrected chi connectivity index (χ2v) is 12.9. The lowest BCUT2D eigenvalue weighted by atomic mass is 9.95. The van der Waals surface area contributed by atoms with Crippen molar-refractivity contribution in [1.82, 2.24) is 10.2 Å². The number of aromatic hydroxyl groups is 4. The van der Waals surface area contributed by atoms with E-state index in [4.69, 9.17) is 14.2 Å². The predicted octanol–water partition coefficient (Wildman–Crippen LogP) is 4.13. The largest absolute Gasteiger partial charge is 0.508 e. The Hall–Kier alpha value is -5.79. The second-order valence-electron chi connectivity index (χ2n) is 12.9. The van der Waals surface area contributed by atoms with Crippen LogP contribution in [-0.2, 0) is 14.2 Å². The summed E-state index contributed by atoms with van der Waals surface area (Å²) in [7, 11) is 0. The number of nitrogens with zero attached hydrogens (tertiary/aromatic N) is 1. The molecule has 2 unspecified atom stereocenters. The number of rotatable bonds is 9. The van der Waals surface area contributed by atoms with Gasteiger partial charge in [0.05, 0.1) is 35.9 Å². The first-order chi connectivity index (χ1) is 22.9. The number of phenolic OH excluding ortho intramolecular Hbond substituents is 4. The molecule has 1 saturated heterocycles. The van der Waals surface area contributed by atoms with E-state index in [2.05, 4.69) is 5.32 Å². The molecule has 2 atom stereocenters. The number of ketones is 1. The van der Waals surface area contributed by atoms with Crippen molar-refractivity contribution in [1.29, 1.82) is 0 Å². The van der Waals surface area contributed by atoms with Gasteiger partial charge in [0.1, 0.15) is 40.3 Å². The number of hydrogen-bond acceptors (Lipinski definition) is 12. The summed E-state index contributed by atoms with van der Waals surface area (Å²) in [5.41, 5.74) is -2.57. The SMILES string of the molecule is CC(C)COC(=O)c1cccc(O)c1C(=O)c1c(O)cc(C(=O)OC2CN(C(=O)OC(C)(C)C)CC2NC(=O)c2ccc(O)cc2)cc1O. The topological polar surface area (TPSA) is 209 Å². The minimum Gasteiger partial charge on any atom is -0.508 e. The normalized spacial score (nSPS) is 15.8. The first-order valence-corrected chi connectivity index (χ1v) is 15.3. The Morgan fingerprint density at radius 1 is 0.837 bits per heavy atom. The third-order valence-electron chi connectivity index (χ3n) is 7.22. The van der Waals surface area contributed by atoms with Crippen molar-refractivity contribution >= 4 is 29.7 Å².